The Morgan fingerprint density at radius 1 is 1.28 bits per heavy atom. The first-order chi connectivity index (χ1) is 12.1. The van der Waals surface area contributed by atoms with Gasteiger partial charge in [0.25, 0.3) is 0 Å². The molecule has 1 aliphatic carbocycles. The van der Waals surface area contributed by atoms with Gasteiger partial charge >= 0.3 is 6.03 Å². The van der Waals surface area contributed by atoms with Crippen LogP contribution < -0.4 is 5.32 Å². The van der Waals surface area contributed by atoms with E-state index in [9.17, 15) is 9.18 Å². The van der Waals surface area contributed by atoms with Crippen molar-refractivity contribution >= 4 is 6.03 Å². The second kappa shape index (κ2) is 10.4. The lowest BCUT2D eigenvalue weighted by atomic mass is 9.98. The van der Waals surface area contributed by atoms with Crippen LogP contribution in [-0.4, -0.2) is 36.7 Å². The maximum absolute atomic E-state index is 13.1. The molecule has 0 aromatic heterocycles. The van der Waals surface area contributed by atoms with E-state index in [-0.39, 0.29) is 17.9 Å². The lowest BCUT2D eigenvalue weighted by Crippen LogP contribution is -2.41. The smallest absolute Gasteiger partial charge is 0.317 e. The first-order valence-electron chi connectivity index (χ1n) is 9.53. The van der Waals surface area contributed by atoms with Crippen LogP contribution in [0.3, 0.4) is 0 Å². The number of amides is 2. The molecule has 4 nitrogen and oxygen atoms in total. The van der Waals surface area contributed by atoms with Gasteiger partial charge in [0.15, 0.2) is 0 Å². The summed E-state index contributed by atoms with van der Waals surface area (Å²) in [6.07, 6.45) is 7.45. The highest BCUT2D eigenvalue weighted by molar-refractivity contribution is 5.74. The summed E-state index contributed by atoms with van der Waals surface area (Å²) in [5.41, 5.74) is 0.930. The molecule has 0 heterocycles. The van der Waals surface area contributed by atoms with Crippen molar-refractivity contribution in [3.63, 3.8) is 0 Å². The number of ether oxygens (including phenoxy) is 1. The van der Waals surface area contributed by atoms with E-state index < -0.39 is 0 Å². The van der Waals surface area contributed by atoms with Crippen molar-refractivity contribution < 1.29 is 13.9 Å². The molecule has 0 radical (unpaired) electrons. The summed E-state index contributed by atoms with van der Waals surface area (Å²) in [5, 5.41) is 2.97. The summed E-state index contributed by atoms with van der Waals surface area (Å²) in [5.74, 6) is -0.263. The van der Waals surface area contributed by atoms with E-state index >= 15 is 0 Å². The minimum atomic E-state index is -0.263. The number of nitrogens with zero attached hydrogens (tertiary/aromatic N) is 1. The fourth-order valence-electron chi connectivity index (χ4n) is 3.37. The molecule has 1 unspecified atom stereocenters. The lowest BCUT2D eigenvalue weighted by molar-refractivity contribution is 0.0274. The zero-order valence-corrected chi connectivity index (χ0v) is 15.5. The van der Waals surface area contributed by atoms with Gasteiger partial charge in [0.2, 0.25) is 0 Å². The van der Waals surface area contributed by atoms with Crippen molar-refractivity contribution in [2.24, 2.45) is 0 Å². The van der Waals surface area contributed by atoms with Crippen LogP contribution in [0.15, 0.2) is 24.3 Å². The Morgan fingerprint density at radius 2 is 1.96 bits per heavy atom. The van der Waals surface area contributed by atoms with Crippen molar-refractivity contribution in [1.82, 2.24) is 10.2 Å². The molecule has 0 bridgehead atoms. The molecule has 25 heavy (non-hydrogen) atoms. The molecule has 1 aliphatic rings. The quantitative estimate of drug-likeness (QED) is 0.693. The normalized spacial score (nSPS) is 16.4. The van der Waals surface area contributed by atoms with Crippen LogP contribution >= 0.6 is 0 Å². The van der Waals surface area contributed by atoms with Crippen LogP contribution in [0.1, 0.15) is 64.0 Å². The molecule has 1 N–H and O–H groups in total. The van der Waals surface area contributed by atoms with Crippen LogP contribution in [0.25, 0.3) is 0 Å². The topological polar surface area (TPSA) is 41.6 Å². The molecule has 1 aromatic rings. The zero-order valence-electron chi connectivity index (χ0n) is 15.5. The van der Waals surface area contributed by atoms with E-state index in [0.717, 1.165) is 12.0 Å². The van der Waals surface area contributed by atoms with Gasteiger partial charge in [-0.1, -0.05) is 31.4 Å². The predicted octanol–water partition coefficient (Wildman–Crippen LogP) is 4.66. The number of halogens is 1. The molecule has 140 valence electrons. The van der Waals surface area contributed by atoms with Gasteiger partial charge in [0.1, 0.15) is 5.82 Å². The SMILES string of the molecule is CCN(C(=O)NCCCOC1CCCCC1)C(C)c1ccc(F)cc1. The molecule has 2 amide bonds. The fraction of sp³-hybridized carbons (Fsp3) is 0.650. The van der Waals surface area contributed by atoms with Crippen molar-refractivity contribution in [3.05, 3.63) is 35.6 Å². The summed E-state index contributed by atoms with van der Waals surface area (Å²) in [6, 6.07) is 6.14. The van der Waals surface area contributed by atoms with Gasteiger partial charge in [-0.3, -0.25) is 0 Å². The Kier molecular flexibility index (Phi) is 8.19. The van der Waals surface area contributed by atoms with Crippen LogP contribution in [0.5, 0.6) is 0 Å². The molecular formula is C20H31FN2O2. The first kappa shape index (κ1) is 19.7. The van der Waals surface area contributed by atoms with Crippen molar-refractivity contribution in [3.8, 4) is 0 Å². The van der Waals surface area contributed by atoms with Gasteiger partial charge in [-0.15, -0.1) is 0 Å². The van der Waals surface area contributed by atoms with Gasteiger partial charge in [-0.2, -0.15) is 0 Å². The molecule has 1 aromatic carbocycles. The molecule has 0 aliphatic heterocycles. The summed E-state index contributed by atoms with van der Waals surface area (Å²) in [7, 11) is 0. The van der Waals surface area contributed by atoms with Crippen molar-refractivity contribution in [2.45, 2.75) is 64.5 Å². The van der Waals surface area contributed by atoms with E-state index in [4.69, 9.17) is 4.74 Å². The van der Waals surface area contributed by atoms with Gasteiger partial charge in [0.05, 0.1) is 12.1 Å². The minimum Gasteiger partial charge on any atom is -0.378 e. The Bertz CT molecular complexity index is 515. The third kappa shape index (κ3) is 6.31. The molecule has 1 atom stereocenters. The second-order valence-corrected chi connectivity index (χ2v) is 6.73. The summed E-state index contributed by atoms with van der Waals surface area (Å²) >= 11 is 0. The van der Waals surface area contributed by atoms with E-state index in [0.29, 0.717) is 25.8 Å². The van der Waals surface area contributed by atoms with Crippen molar-refractivity contribution in [1.29, 1.82) is 0 Å². The summed E-state index contributed by atoms with van der Waals surface area (Å²) in [6.45, 7) is 5.82. The maximum atomic E-state index is 13.1. The maximum Gasteiger partial charge on any atom is 0.317 e. The third-order valence-corrected chi connectivity index (χ3v) is 4.92. The predicted molar refractivity (Wildman–Crippen MR) is 98.0 cm³/mol. The Balaban J connectivity index is 1.70. The van der Waals surface area contributed by atoms with Crippen LogP contribution in [0.4, 0.5) is 9.18 Å². The van der Waals surface area contributed by atoms with Crippen molar-refractivity contribution in [2.75, 3.05) is 19.7 Å². The number of hydrogen-bond donors (Lipinski definition) is 1. The molecule has 0 saturated heterocycles. The highest BCUT2D eigenvalue weighted by Gasteiger charge is 2.19. The van der Waals surface area contributed by atoms with Gasteiger partial charge < -0.3 is 15.0 Å². The zero-order chi connectivity index (χ0) is 18.1. The molecule has 1 saturated carbocycles. The van der Waals surface area contributed by atoms with Crippen LogP contribution in [-0.2, 0) is 4.74 Å². The molecular weight excluding hydrogens is 319 g/mol. The standard InChI is InChI=1S/C20H31FN2O2/c1-3-23(16(2)17-10-12-18(21)13-11-17)20(24)22-14-7-15-25-19-8-5-4-6-9-19/h10-13,16,19H,3-9,14-15H2,1-2H3,(H,22,24). The Labute approximate surface area is 150 Å². The lowest BCUT2D eigenvalue weighted by Gasteiger charge is -2.28. The first-order valence-corrected chi connectivity index (χ1v) is 9.53. The fourth-order valence-corrected chi connectivity index (χ4v) is 3.37. The largest absolute Gasteiger partial charge is 0.378 e. The number of rotatable bonds is 8. The van der Waals surface area contributed by atoms with Gasteiger partial charge in [0, 0.05) is 19.7 Å². The van der Waals surface area contributed by atoms with Gasteiger partial charge in [-0.05, 0) is 50.8 Å². The average Bonchev–Trinajstić information content (AvgIpc) is 2.63. The highest BCUT2D eigenvalue weighted by atomic mass is 19.1. The number of carbonyl (C=O) groups excluding carboxylic acids is 1. The number of carbonyl (C=O) groups is 1. The summed E-state index contributed by atoms with van der Waals surface area (Å²) < 4.78 is 18.9. The third-order valence-electron chi connectivity index (χ3n) is 4.92. The molecule has 2 rings (SSSR count). The average molecular weight is 350 g/mol. The minimum absolute atomic E-state index is 0.0861. The number of hydrogen-bond acceptors (Lipinski definition) is 2. The van der Waals surface area contributed by atoms with E-state index in [1.165, 1.54) is 44.2 Å². The van der Waals surface area contributed by atoms with E-state index in [2.05, 4.69) is 5.32 Å². The Morgan fingerprint density at radius 3 is 2.60 bits per heavy atom. The second-order valence-electron chi connectivity index (χ2n) is 6.73. The number of urea groups is 1. The monoisotopic (exact) mass is 350 g/mol. The Hall–Kier alpha value is -1.62. The van der Waals surface area contributed by atoms with E-state index in [1.807, 2.05) is 13.8 Å². The molecule has 0 spiro atoms. The number of benzene rings is 1. The van der Waals surface area contributed by atoms with Crippen LogP contribution in [0, 0.1) is 5.82 Å². The van der Waals surface area contributed by atoms with Gasteiger partial charge in [-0.25, -0.2) is 9.18 Å². The van der Waals surface area contributed by atoms with Crippen LogP contribution in [0.2, 0.25) is 0 Å². The van der Waals surface area contributed by atoms with E-state index in [1.54, 1.807) is 17.0 Å². The summed E-state index contributed by atoms with van der Waals surface area (Å²) in [4.78, 5) is 14.2. The molecule has 1 fully saturated rings. The highest BCUT2D eigenvalue weighted by Crippen LogP contribution is 2.21. The number of nitrogens with one attached hydrogen (secondary N) is 1. The molecule has 5 heteroatoms.